The Morgan fingerprint density at radius 1 is 1.52 bits per heavy atom. The number of rotatable bonds is 5. The number of aliphatic hydroxyl groups is 1. The van der Waals surface area contributed by atoms with Crippen LogP contribution in [0.2, 0.25) is 0 Å². The van der Waals surface area contributed by atoms with E-state index in [4.69, 9.17) is 9.15 Å². The van der Waals surface area contributed by atoms with E-state index in [1.54, 1.807) is 7.11 Å². The third-order valence-electron chi connectivity index (χ3n) is 3.99. The fourth-order valence-corrected chi connectivity index (χ4v) is 3.90. The molecule has 1 aromatic heterocycles. The van der Waals surface area contributed by atoms with Crippen LogP contribution in [0.5, 0.6) is 5.75 Å². The zero-order chi connectivity index (χ0) is 14.9. The smallest absolute Gasteiger partial charge is 0.176 e. The van der Waals surface area contributed by atoms with Gasteiger partial charge in [0.05, 0.1) is 18.8 Å². The van der Waals surface area contributed by atoms with E-state index < -0.39 is 5.60 Å². The van der Waals surface area contributed by atoms with E-state index in [1.807, 2.05) is 36.0 Å². The lowest BCUT2D eigenvalue weighted by molar-refractivity contribution is 0.0644. The molecule has 0 radical (unpaired) electrons. The fraction of sp³-hybridized carbons (Fsp3) is 0.500. The molecule has 1 fully saturated rings. The molecule has 3 rings (SSSR count). The summed E-state index contributed by atoms with van der Waals surface area (Å²) in [4.78, 5) is 0. The molecule has 1 aliphatic rings. The number of para-hydroxylation sites is 1. The van der Waals surface area contributed by atoms with Crippen LogP contribution in [0.3, 0.4) is 0 Å². The maximum Gasteiger partial charge on any atom is 0.176 e. The zero-order valence-electron chi connectivity index (χ0n) is 12.4. The van der Waals surface area contributed by atoms with Crippen molar-refractivity contribution < 1.29 is 14.3 Å². The quantitative estimate of drug-likeness (QED) is 0.889. The topological polar surface area (TPSA) is 54.6 Å². The van der Waals surface area contributed by atoms with Crippen molar-refractivity contribution in [2.45, 2.75) is 25.0 Å². The highest BCUT2D eigenvalue weighted by Gasteiger charge is 2.32. The molecule has 2 heterocycles. The van der Waals surface area contributed by atoms with Crippen LogP contribution in [0.4, 0.5) is 0 Å². The number of methoxy groups -OCH3 is 1. The van der Waals surface area contributed by atoms with E-state index in [1.165, 1.54) is 0 Å². The second-order valence-corrected chi connectivity index (χ2v) is 6.76. The molecule has 2 unspecified atom stereocenters. The van der Waals surface area contributed by atoms with Crippen LogP contribution in [0, 0.1) is 0 Å². The minimum absolute atomic E-state index is 0.0525. The highest BCUT2D eigenvalue weighted by molar-refractivity contribution is 7.99. The average Bonchev–Trinajstić information content (AvgIpc) is 3.11. The molecule has 0 aliphatic carbocycles. The predicted molar refractivity (Wildman–Crippen MR) is 86.1 cm³/mol. The Morgan fingerprint density at radius 2 is 2.38 bits per heavy atom. The fourth-order valence-electron chi connectivity index (χ4n) is 2.61. The third kappa shape index (κ3) is 3.05. The Balaban J connectivity index is 1.74. The Kier molecular flexibility index (Phi) is 4.15. The lowest BCUT2D eigenvalue weighted by Gasteiger charge is -2.23. The summed E-state index contributed by atoms with van der Waals surface area (Å²) in [6.45, 7) is 2.64. The first-order valence-electron chi connectivity index (χ1n) is 7.21. The minimum Gasteiger partial charge on any atom is -0.493 e. The van der Waals surface area contributed by atoms with Crippen LogP contribution in [-0.2, 0) is 0 Å². The van der Waals surface area contributed by atoms with Gasteiger partial charge in [0.2, 0.25) is 0 Å². The van der Waals surface area contributed by atoms with Crippen LogP contribution < -0.4 is 10.1 Å². The molecule has 0 bridgehead atoms. The molecule has 0 spiro atoms. The van der Waals surface area contributed by atoms with E-state index in [9.17, 15) is 5.11 Å². The van der Waals surface area contributed by atoms with Gasteiger partial charge in [-0.25, -0.2) is 0 Å². The van der Waals surface area contributed by atoms with Gasteiger partial charge in [-0.15, -0.1) is 0 Å². The Labute approximate surface area is 128 Å². The highest BCUT2D eigenvalue weighted by Crippen LogP contribution is 2.32. The van der Waals surface area contributed by atoms with E-state index in [-0.39, 0.29) is 6.04 Å². The Hall–Kier alpha value is -1.17. The summed E-state index contributed by atoms with van der Waals surface area (Å²) in [5.41, 5.74) is 0.196. The number of thioether (sulfide) groups is 1. The van der Waals surface area contributed by atoms with Crippen LogP contribution in [-0.4, -0.2) is 35.9 Å². The number of nitrogens with one attached hydrogen (secondary N) is 1. The van der Waals surface area contributed by atoms with Crippen LogP contribution in [0.15, 0.2) is 28.7 Å². The average molecular weight is 307 g/mol. The third-order valence-corrected chi connectivity index (χ3v) is 5.23. The van der Waals surface area contributed by atoms with E-state index >= 15 is 0 Å². The normalized spacial score (nSPS) is 23.6. The van der Waals surface area contributed by atoms with Gasteiger partial charge in [-0.1, -0.05) is 12.1 Å². The molecule has 5 heteroatoms. The molecule has 114 valence electrons. The molecule has 1 aromatic carbocycles. The monoisotopic (exact) mass is 307 g/mol. The number of hydrogen-bond donors (Lipinski definition) is 2. The van der Waals surface area contributed by atoms with Gasteiger partial charge in [-0.05, 0) is 31.2 Å². The summed E-state index contributed by atoms with van der Waals surface area (Å²) in [6.07, 6.45) is 0.853. The minimum atomic E-state index is -0.581. The van der Waals surface area contributed by atoms with Gasteiger partial charge in [0.25, 0.3) is 0 Å². The van der Waals surface area contributed by atoms with Crippen molar-refractivity contribution in [1.82, 2.24) is 5.32 Å². The molecular weight excluding hydrogens is 286 g/mol. The number of hydrogen-bond acceptors (Lipinski definition) is 5. The zero-order valence-corrected chi connectivity index (χ0v) is 13.2. The highest BCUT2D eigenvalue weighted by atomic mass is 32.2. The van der Waals surface area contributed by atoms with Crippen molar-refractivity contribution in [3.8, 4) is 5.75 Å². The van der Waals surface area contributed by atoms with Crippen molar-refractivity contribution in [1.29, 1.82) is 0 Å². The standard InChI is InChI=1S/C16H21NO3S/c1-11(17-9-16(18)6-7-21-10-16)14-8-12-4-3-5-13(19-2)15(12)20-14/h3-5,8,11,17-18H,6-7,9-10H2,1-2H3. The van der Waals surface area contributed by atoms with Crippen molar-refractivity contribution >= 4 is 22.7 Å². The first kappa shape index (κ1) is 14.8. The van der Waals surface area contributed by atoms with E-state index in [0.29, 0.717) is 6.54 Å². The van der Waals surface area contributed by atoms with Crippen LogP contribution in [0.25, 0.3) is 11.0 Å². The molecule has 0 saturated carbocycles. The van der Waals surface area contributed by atoms with Crippen molar-refractivity contribution in [2.75, 3.05) is 25.2 Å². The molecule has 4 nitrogen and oxygen atoms in total. The number of benzene rings is 1. The number of fused-ring (bicyclic) bond motifs is 1. The molecule has 0 amide bonds. The number of furan rings is 1. The van der Waals surface area contributed by atoms with Crippen molar-refractivity contribution in [3.05, 3.63) is 30.0 Å². The summed E-state index contributed by atoms with van der Waals surface area (Å²) >= 11 is 1.81. The summed E-state index contributed by atoms with van der Waals surface area (Å²) in [5, 5.41) is 14.8. The molecule has 1 aliphatic heterocycles. The molecule has 21 heavy (non-hydrogen) atoms. The summed E-state index contributed by atoms with van der Waals surface area (Å²) in [6, 6.07) is 7.95. The number of ether oxygens (including phenoxy) is 1. The SMILES string of the molecule is COc1cccc2cc(C(C)NCC3(O)CCSC3)oc12. The summed E-state index contributed by atoms with van der Waals surface area (Å²) in [7, 11) is 1.64. The van der Waals surface area contributed by atoms with Gasteiger partial charge in [0, 0.05) is 17.7 Å². The second-order valence-electron chi connectivity index (χ2n) is 5.66. The van der Waals surface area contributed by atoms with Crippen molar-refractivity contribution in [2.24, 2.45) is 0 Å². The first-order chi connectivity index (χ1) is 10.1. The summed E-state index contributed by atoms with van der Waals surface area (Å²) in [5.74, 6) is 3.45. The Morgan fingerprint density at radius 3 is 3.10 bits per heavy atom. The van der Waals surface area contributed by atoms with Gasteiger partial charge >= 0.3 is 0 Å². The predicted octanol–water partition coefficient (Wildman–Crippen LogP) is 2.96. The van der Waals surface area contributed by atoms with Gasteiger partial charge in [0.15, 0.2) is 11.3 Å². The molecule has 1 saturated heterocycles. The van der Waals surface area contributed by atoms with E-state index in [0.717, 1.165) is 40.4 Å². The van der Waals surface area contributed by atoms with Crippen molar-refractivity contribution in [3.63, 3.8) is 0 Å². The van der Waals surface area contributed by atoms with Gasteiger partial charge in [-0.3, -0.25) is 0 Å². The lowest BCUT2D eigenvalue weighted by Crippen LogP contribution is -2.41. The second kappa shape index (κ2) is 5.91. The van der Waals surface area contributed by atoms with Gasteiger partial charge in [0.1, 0.15) is 5.76 Å². The maximum atomic E-state index is 10.4. The van der Waals surface area contributed by atoms with Gasteiger partial charge in [-0.2, -0.15) is 11.8 Å². The van der Waals surface area contributed by atoms with Crippen LogP contribution >= 0.6 is 11.8 Å². The molecule has 2 atom stereocenters. The molecule has 2 aromatic rings. The maximum absolute atomic E-state index is 10.4. The molecular formula is C16H21NO3S. The first-order valence-corrected chi connectivity index (χ1v) is 8.37. The lowest BCUT2D eigenvalue weighted by atomic mass is 10.0. The van der Waals surface area contributed by atoms with E-state index in [2.05, 4.69) is 12.2 Å². The Bertz CT molecular complexity index is 619. The largest absolute Gasteiger partial charge is 0.493 e. The summed E-state index contributed by atoms with van der Waals surface area (Å²) < 4.78 is 11.2. The van der Waals surface area contributed by atoms with Crippen LogP contribution in [0.1, 0.15) is 25.1 Å². The molecule has 2 N–H and O–H groups in total. The van der Waals surface area contributed by atoms with Gasteiger partial charge < -0.3 is 19.6 Å².